The summed E-state index contributed by atoms with van der Waals surface area (Å²) in [5, 5.41) is 9.04. The van der Waals surface area contributed by atoms with Crippen molar-refractivity contribution >= 4 is 16.0 Å². The highest BCUT2D eigenvalue weighted by Crippen LogP contribution is 2.47. The van der Waals surface area contributed by atoms with Crippen molar-refractivity contribution in [1.29, 1.82) is 0 Å². The van der Waals surface area contributed by atoms with Crippen LogP contribution in [0.15, 0.2) is 29.2 Å². The number of aromatic nitrogens is 1. The SMILES string of the molecule is Cc1ccc(CCC(=O)O)cc1CN1CC2(CC2)Oc2nc(OCCN3CCCC3)c(C)cc2S1(=O)=O. The summed E-state index contributed by atoms with van der Waals surface area (Å²) >= 11 is 0. The fraction of sp³-hybridized carbons (Fsp3) is 0.556. The van der Waals surface area contributed by atoms with Gasteiger partial charge in [0.25, 0.3) is 0 Å². The molecule has 1 spiro atoms. The smallest absolute Gasteiger partial charge is 0.303 e. The molecule has 3 aliphatic rings. The molecule has 1 saturated heterocycles. The average Bonchev–Trinajstić information content (AvgIpc) is 3.41. The Labute approximate surface area is 218 Å². The number of nitrogens with zero attached hydrogens (tertiary/aromatic N) is 3. The molecule has 5 rings (SSSR count). The number of aliphatic carboxylic acids is 1. The van der Waals surface area contributed by atoms with Crippen LogP contribution < -0.4 is 9.47 Å². The summed E-state index contributed by atoms with van der Waals surface area (Å²) in [6, 6.07) is 7.36. The topological polar surface area (TPSA) is 109 Å². The van der Waals surface area contributed by atoms with Crippen LogP contribution in [0.3, 0.4) is 0 Å². The molecule has 3 heterocycles. The van der Waals surface area contributed by atoms with Gasteiger partial charge in [-0.15, -0.1) is 0 Å². The van der Waals surface area contributed by atoms with Crippen molar-refractivity contribution in [3.8, 4) is 11.8 Å². The van der Waals surface area contributed by atoms with Crippen LogP contribution in [0.2, 0.25) is 0 Å². The van der Waals surface area contributed by atoms with Crippen LogP contribution in [0, 0.1) is 13.8 Å². The van der Waals surface area contributed by atoms with Gasteiger partial charge in [0.2, 0.25) is 21.8 Å². The van der Waals surface area contributed by atoms with E-state index >= 15 is 0 Å². The normalized spacial score (nSPS) is 20.3. The Kier molecular flexibility index (Phi) is 7.17. The van der Waals surface area contributed by atoms with E-state index in [1.807, 2.05) is 32.0 Å². The molecule has 1 saturated carbocycles. The number of benzene rings is 1. The maximum atomic E-state index is 13.9. The highest BCUT2D eigenvalue weighted by atomic mass is 32.2. The molecule has 9 nitrogen and oxygen atoms in total. The molecule has 0 amide bonds. The lowest BCUT2D eigenvalue weighted by Crippen LogP contribution is -2.38. The fourth-order valence-electron chi connectivity index (χ4n) is 5.05. The first-order valence-electron chi connectivity index (χ1n) is 13.0. The number of hydrogen-bond donors (Lipinski definition) is 1. The van der Waals surface area contributed by atoms with Gasteiger partial charge in [0, 0.05) is 25.1 Å². The van der Waals surface area contributed by atoms with Crippen LogP contribution in [0.4, 0.5) is 0 Å². The quantitative estimate of drug-likeness (QED) is 0.527. The zero-order valence-corrected chi connectivity index (χ0v) is 22.3. The van der Waals surface area contributed by atoms with E-state index in [2.05, 4.69) is 9.88 Å². The molecule has 1 aromatic carbocycles. The molecule has 2 aromatic rings. The van der Waals surface area contributed by atoms with Crippen LogP contribution in [-0.4, -0.2) is 72.1 Å². The second kappa shape index (κ2) is 10.2. The largest absolute Gasteiger partial charge is 0.481 e. The van der Waals surface area contributed by atoms with Gasteiger partial charge in [-0.05, 0) is 81.8 Å². The molecule has 0 radical (unpaired) electrons. The maximum Gasteiger partial charge on any atom is 0.303 e. The number of likely N-dealkylation sites (tertiary alicyclic amines) is 1. The van der Waals surface area contributed by atoms with Crippen LogP contribution in [0.25, 0.3) is 0 Å². The second-order valence-electron chi connectivity index (χ2n) is 10.5. The van der Waals surface area contributed by atoms with Gasteiger partial charge in [0.15, 0.2) is 0 Å². The predicted molar refractivity (Wildman–Crippen MR) is 137 cm³/mol. The molecule has 2 fully saturated rings. The minimum atomic E-state index is -3.89. The summed E-state index contributed by atoms with van der Waals surface area (Å²) in [4.78, 5) is 18.0. The lowest BCUT2D eigenvalue weighted by molar-refractivity contribution is -0.136. The highest BCUT2D eigenvalue weighted by molar-refractivity contribution is 7.89. The van der Waals surface area contributed by atoms with Crippen molar-refractivity contribution in [3.05, 3.63) is 46.5 Å². The first-order chi connectivity index (χ1) is 17.6. The second-order valence-corrected chi connectivity index (χ2v) is 12.4. The van der Waals surface area contributed by atoms with Crippen molar-refractivity contribution in [3.63, 3.8) is 0 Å². The molecule has 1 N–H and O–H groups in total. The van der Waals surface area contributed by atoms with Gasteiger partial charge < -0.3 is 14.6 Å². The van der Waals surface area contributed by atoms with Crippen molar-refractivity contribution < 1.29 is 27.8 Å². The third-order valence-electron chi connectivity index (χ3n) is 7.53. The number of carboxylic acids is 1. The lowest BCUT2D eigenvalue weighted by Gasteiger charge is -2.23. The van der Waals surface area contributed by atoms with Gasteiger partial charge in [0.1, 0.15) is 17.1 Å². The fourth-order valence-corrected chi connectivity index (χ4v) is 6.68. The Morgan fingerprint density at radius 1 is 1.16 bits per heavy atom. The Bertz CT molecular complexity index is 1290. The van der Waals surface area contributed by atoms with Crippen LogP contribution in [0.5, 0.6) is 11.8 Å². The molecule has 37 heavy (non-hydrogen) atoms. The number of carbonyl (C=O) groups is 1. The van der Waals surface area contributed by atoms with Crippen LogP contribution in [0.1, 0.15) is 54.4 Å². The standard InChI is InChI=1S/C27H35N3O6S/c1-19-5-6-21(7-8-24(31)32)16-22(19)17-30-18-27(9-10-27)36-26-23(37(30,33)34)15-20(2)25(28-26)35-14-13-29-11-3-4-12-29/h5-6,15-16H,3-4,7-14,17-18H2,1-2H3,(H,31,32). The van der Waals surface area contributed by atoms with Crippen molar-refractivity contribution in [2.45, 2.75) is 69.4 Å². The molecule has 1 aliphatic carbocycles. The molecule has 2 aliphatic heterocycles. The van der Waals surface area contributed by atoms with E-state index in [4.69, 9.17) is 14.6 Å². The number of ether oxygens (including phenoxy) is 2. The number of rotatable bonds is 9. The molecular weight excluding hydrogens is 494 g/mol. The Morgan fingerprint density at radius 3 is 2.62 bits per heavy atom. The highest BCUT2D eigenvalue weighted by Gasteiger charge is 2.52. The summed E-state index contributed by atoms with van der Waals surface area (Å²) in [5.41, 5.74) is 2.77. The summed E-state index contributed by atoms with van der Waals surface area (Å²) in [7, 11) is -3.89. The zero-order valence-electron chi connectivity index (χ0n) is 21.5. The van der Waals surface area contributed by atoms with E-state index in [0.29, 0.717) is 24.5 Å². The van der Waals surface area contributed by atoms with Crippen molar-refractivity contribution in [1.82, 2.24) is 14.2 Å². The van der Waals surface area contributed by atoms with E-state index < -0.39 is 21.6 Å². The number of sulfonamides is 1. The van der Waals surface area contributed by atoms with E-state index in [1.54, 1.807) is 6.07 Å². The van der Waals surface area contributed by atoms with Gasteiger partial charge in [-0.3, -0.25) is 9.69 Å². The van der Waals surface area contributed by atoms with Gasteiger partial charge in [-0.25, -0.2) is 8.42 Å². The molecule has 0 unspecified atom stereocenters. The van der Waals surface area contributed by atoms with Gasteiger partial charge in [-0.1, -0.05) is 18.2 Å². The third-order valence-corrected chi connectivity index (χ3v) is 9.32. The zero-order chi connectivity index (χ0) is 26.2. The molecular formula is C27H35N3O6S. The van der Waals surface area contributed by atoms with Gasteiger partial charge >= 0.3 is 5.97 Å². The Morgan fingerprint density at radius 2 is 1.92 bits per heavy atom. The van der Waals surface area contributed by atoms with E-state index in [-0.39, 0.29) is 30.3 Å². The van der Waals surface area contributed by atoms with Crippen LogP contribution in [-0.2, 0) is 27.8 Å². The van der Waals surface area contributed by atoms with Gasteiger partial charge in [-0.2, -0.15) is 9.29 Å². The molecule has 200 valence electrons. The summed E-state index contributed by atoms with van der Waals surface area (Å²) in [6.07, 6.45) is 4.38. The Balaban J connectivity index is 1.40. The summed E-state index contributed by atoms with van der Waals surface area (Å²) < 4.78 is 41.5. The molecule has 1 aromatic heterocycles. The number of carboxylic acid groups (broad SMARTS) is 1. The summed E-state index contributed by atoms with van der Waals surface area (Å²) in [6.45, 7) is 7.67. The molecule has 0 atom stereocenters. The van der Waals surface area contributed by atoms with Crippen molar-refractivity contribution in [2.75, 3.05) is 32.8 Å². The third kappa shape index (κ3) is 5.76. The van der Waals surface area contributed by atoms with Crippen molar-refractivity contribution in [2.24, 2.45) is 0 Å². The number of aryl methyl sites for hydroxylation is 3. The monoisotopic (exact) mass is 529 g/mol. The number of fused-ring (bicyclic) bond motifs is 1. The molecule has 0 bridgehead atoms. The Hall–Kier alpha value is -2.69. The van der Waals surface area contributed by atoms with E-state index in [1.165, 1.54) is 17.1 Å². The lowest BCUT2D eigenvalue weighted by atomic mass is 10.0. The number of pyridine rings is 1. The minimum Gasteiger partial charge on any atom is -0.481 e. The molecule has 10 heteroatoms. The first-order valence-corrected chi connectivity index (χ1v) is 14.5. The van der Waals surface area contributed by atoms with E-state index in [9.17, 15) is 13.2 Å². The summed E-state index contributed by atoms with van der Waals surface area (Å²) in [5.74, 6) is -0.322. The van der Waals surface area contributed by atoms with Crippen LogP contribution >= 0.6 is 0 Å². The number of hydrogen-bond acceptors (Lipinski definition) is 7. The predicted octanol–water partition coefficient (Wildman–Crippen LogP) is 3.31. The first kappa shape index (κ1) is 25.9. The minimum absolute atomic E-state index is 0.0300. The average molecular weight is 530 g/mol. The van der Waals surface area contributed by atoms with Gasteiger partial charge in [0.05, 0.1) is 6.54 Å². The maximum absolute atomic E-state index is 13.9. The van der Waals surface area contributed by atoms with E-state index in [0.717, 1.165) is 49.2 Å².